The van der Waals surface area contributed by atoms with Crippen molar-refractivity contribution < 1.29 is 28.5 Å². The predicted octanol–water partition coefficient (Wildman–Crippen LogP) is 2.43. The van der Waals surface area contributed by atoms with Crippen molar-refractivity contribution in [3.05, 3.63) is 42.0 Å². The maximum atomic E-state index is 12.7. The van der Waals surface area contributed by atoms with Crippen LogP contribution in [0.4, 0.5) is 5.69 Å². The van der Waals surface area contributed by atoms with Gasteiger partial charge in [0, 0.05) is 24.4 Å². The highest BCUT2D eigenvalue weighted by atomic mass is 16.5. The fourth-order valence-corrected chi connectivity index (χ4v) is 2.61. The number of carbonyl (C=O) groups excluding carboxylic acids is 2. The summed E-state index contributed by atoms with van der Waals surface area (Å²) in [5, 5.41) is 2.74. The molecule has 0 atom stereocenters. The molecule has 28 heavy (non-hydrogen) atoms. The first-order valence-corrected chi connectivity index (χ1v) is 8.42. The van der Waals surface area contributed by atoms with Crippen LogP contribution < -0.4 is 24.3 Å². The van der Waals surface area contributed by atoms with E-state index in [-0.39, 0.29) is 18.4 Å². The molecule has 0 aromatic heterocycles. The van der Waals surface area contributed by atoms with Gasteiger partial charge in [0.15, 0.2) is 11.5 Å². The van der Waals surface area contributed by atoms with Gasteiger partial charge in [0.2, 0.25) is 11.7 Å². The van der Waals surface area contributed by atoms with Crippen molar-refractivity contribution in [2.75, 3.05) is 47.3 Å². The van der Waals surface area contributed by atoms with Gasteiger partial charge in [-0.2, -0.15) is 0 Å². The molecule has 0 unspecified atom stereocenters. The number of hydrogen-bond donors (Lipinski definition) is 1. The van der Waals surface area contributed by atoms with Crippen molar-refractivity contribution in [2.45, 2.75) is 0 Å². The summed E-state index contributed by atoms with van der Waals surface area (Å²) in [6.45, 7) is -0.132. The molecule has 0 spiro atoms. The number of rotatable bonds is 8. The van der Waals surface area contributed by atoms with E-state index >= 15 is 0 Å². The van der Waals surface area contributed by atoms with Gasteiger partial charge in [-0.1, -0.05) is 6.07 Å². The van der Waals surface area contributed by atoms with Crippen LogP contribution in [0.5, 0.6) is 23.0 Å². The lowest BCUT2D eigenvalue weighted by Gasteiger charge is -2.19. The van der Waals surface area contributed by atoms with Gasteiger partial charge in [0.05, 0.1) is 35.0 Å². The summed E-state index contributed by atoms with van der Waals surface area (Å²) in [7, 11) is 7.51. The Morgan fingerprint density at radius 2 is 1.57 bits per heavy atom. The number of methoxy groups -OCH3 is 4. The van der Waals surface area contributed by atoms with Gasteiger partial charge in [-0.25, -0.2) is 0 Å². The van der Waals surface area contributed by atoms with Gasteiger partial charge >= 0.3 is 0 Å². The highest BCUT2D eigenvalue weighted by Gasteiger charge is 2.20. The highest BCUT2D eigenvalue weighted by molar-refractivity contribution is 6.00. The normalized spacial score (nSPS) is 10.0. The van der Waals surface area contributed by atoms with Crippen molar-refractivity contribution in [2.24, 2.45) is 0 Å². The van der Waals surface area contributed by atoms with Gasteiger partial charge in [0.25, 0.3) is 5.91 Å². The molecule has 0 aliphatic rings. The molecule has 2 aromatic rings. The second-order valence-electron chi connectivity index (χ2n) is 5.86. The van der Waals surface area contributed by atoms with E-state index in [1.165, 1.54) is 33.3 Å². The fraction of sp³-hybridized carbons (Fsp3) is 0.300. The molecule has 0 radical (unpaired) electrons. The Bertz CT molecular complexity index is 827. The summed E-state index contributed by atoms with van der Waals surface area (Å²) in [5.41, 5.74) is 0.893. The van der Waals surface area contributed by atoms with Crippen LogP contribution in [-0.2, 0) is 4.79 Å². The van der Waals surface area contributed by atoms with Crippen LogP contribution in [0.2, 0.25) is 0 Å². The topological polar surface area (TPSA) is 86.3 Å². The molecule has 8 nitrogen and oxygen atoms in total. The number of ether oxygens (including phenoxy) is 4. The number of likely N-dealkylation sites (N-methyl/N-ethyl adjacent to an activating group) is 1. The Morgan fingerprint density at radius 1 is 0.929 bits per heavy atom. The van der Waals surface area contributed by atoms with Crippen LogP contribution in [0.1, 0.15) is 10.4 Å². The number of anilines is 1. The fourth-order valence-electron chi connectivity index (χ4n) is 2.61. The minimum atomic E-state index is -0.361. The lowest BCUT2D eigenvalue weighted by molar-refractivity contribution is -0.116. The molecule has 2 amide bonds. The number of carbonyl (C=O) groups is 2. The van der Waals surface area contributed by atoms with Crippen molar-refractivity contribution in [1.29, 1.82) is 0 Å². The summed E-state index contributed by atoms with van der Waals surface area (Å²) >= 11 is 0. The third-order valence-electron chi connectivity index (χ3n) is 3.99. The zero-order valence-corrected chi connectivity index (χ0v) is 16.6. The second-order valence-corrected chi connectivity index (χ2v) is 5.86. The third kappa shape index (κ3) is 4.85. The number of benzene rings is 2. The second kappa shape index (κ2) is 9.50. The molecule has 0 saturated heterocycles. The zero-order chi connectivity index (χ0) is 20.7. The highest BCUT2D eigenvalue weighted by Crippen LogP contribution is 2.38. The Hall–Kier alpha value is -3.42. The Morgan fingerprint density at radius 3 is 2.11 bits per heavy atom. The first kappa shape index (κ1) is 20.9. The van der Waals surface area contributed by atoms with Crippen molar-refractivity contribution >= 4 is 17.5 Å². The van der Waals surface area contributed by atoms with Crippen LogP contribution in [0.3, 0.4) is 0 Å². The van der Waals surface area contributed by atoms with Crippen LogP contribution in [0.15, 0.2) is 36.4 Å². The Balaban J connectivity index is 2.12. The molecule has 2 aromatic carbocycles. The molecule has 0 aliphatic heterocycles. The minimum Gasteiger partial charge on any atom is -0.497 e. The summed E-state index contributed by atoms with van der Waals surface area (Å²) in [6.07, 6.45) is 0. The van der Waals surface area contributed by atoms with E-state index in [1.54, 1.807) is 43.5 Å². The average molecular weight is 388 g/mol. The minimum absolute atomic E-state index is 0.132. The first-order chi connectivity index (χ1) is 13.4. The lowest BCUT2D eigenvalue weighted by atomic mass is 10.1. The van der Waals surface area contributed by atoms with Crippen LogP contribution in [0.25, 0.3) is 0 Å². The van der Waals surface area contributed by atoms with Gasteiger partial charge in [0.1, 0.15) is 5.75 Å². The van der Waals surface area contributed by atoms with Gasteiger partial charge < -0.3 is 29.2 Å². The van der Waals surface area contributed by atoms with Gasteiger partial charge in [-0.05, 0) is 24.3 Å². The summed E-state index contributed by atoms with van der Waals surface area (Å²) in [4.78, 5) is 26.3. The van der Waals surface area contributed by atoms with Crippen molar-refractivity contribution in [1.82, 2.24) is 4.90 Å². The van der Waals surface area contributed by atoms with Crippen molar-refractivity contribution in [3.8, 4) is 23.0 Å². The van der Waals surface area contributed by atoms with E-state index in [0.717, 1.165) is 0 Å². The van der Waals surface area contributed by atoms with E-state index in [1.807, 2.05) is 0 Å². The average Bonchev–Trinajstić information content (AvgIpc) is 2.71. The molecule has 0 saturated carbocycles. The molecule has 0 heterocycles. The summed E-state index contributed by atoms with van der Waals surface area (Å²) in [6, 6.07) is 10.1. The molecule has 0 bridgehead atoms. The molecule has 1 N–H and O–H groups in total. The third-order valence-corrected chi connectivity index (χ3v) is 3.99. The lowest BCUT2D eigenvalue weighted by Crippen LogP contribution is -2.35. The number of nitrogens with zero attached hydrogens (tertiary/aromatic N) is 1. The van der Waals surface area contributed by atoms with Crippen LogP contribution in [0, 0.1) is 0 Å². The molecule has 0 aliphatic carbocycles. The van der Waals surface area contributed by atoms with E-state index in [4.69, 9.17) is 18.9 Å². The van der Waals surface area contributed by atoms with E-state index in [9.17, 15) is 9.59 Å². The molecule has 2 rings (SSSR count). The number of nitrogens with one attached hydrogen (secondary N) is 1. The Kier molecular flexibility index (Phi) is 7.08. The largest absolute Gasteiger partial charge is 0.497 e. The summed E-state index contributed by atoms with van der Waals surface area (Å²) < 4.78 is 20.9. The van der Waals surface area contributed by atoms with Gasteiger partial charge in [-0.3, -0.25) is 9.59 Å². The number of amides is 2. The smallest absolute Gasteiger partial charge is 0.254 e. The number of hydrogen-bond acceptors (Lipinski definition) is 6. The van der Waals surface area contributed by atoms with Crippen LogP contribution >= 0.6 is 0 Å². The van der Waals surface area contributed by atoms with E-state index in [2.05, 4.69) is 5.32 Å². The monoisotopic (exact) mass is 388 g/mol. The maximum absolute atomic E-state index is 12.7. The first-order valence-electron chi connectivity index (χ1n) is 8.42. The predicted molar refractivity (Wildman–Crippen MR) is 105 cm³/mol. The van der Waals surface area contributed by atoms with E-state index in [0.29, 0.717) is 34.2 Å². The molecular formula is C20H24N2O6. The van der Waals surface area contributed by atoms with Gasteiger partial charge in [-0.15, -0.1) is 0 Å². The van der Waals surface area contributed by atoms with Crippen LogP contribution in [-0.4, -0.2) is 58.7 Å². The van der Waals surface area contributed by atoms with E-state index < -0.39 is 0 Å². The molecular weight excluding hydrogens is 364 g/mol. The SMILES string of the molecule is COc1cccc(NC(=O)CN(C)C(=O)c2cc(OC)c(OC)c(OC)c2)c1. The Labute approximate surface area is 163 Å². The molecule has 150 valence electrons. The quantitative estimate of drug-likeness (QED) is 0.748. The van der Waals surface area contributed by atoms with Crippen molar-refractivity contribution in [3.63, 3.8) is 0 Å². The summed E-state index contributed by atoms with van der Waals surface area (Å²) in [5.74, 6) is 1.04. The molecule has 8 heteroatoms. The maximum Gasteiger partial charge on any atom is 0.254 e. The standard InChI is InChI=1S/C20H24N2O6/c1-22(12-18(23)21-14-7-6-8-15(11-14)25-2)20(24)13-9-16(26-3)19(28-5)17(10-13)27-4/h6-11H,12H2,1-5H3,(H,21,23). The zero-order valence-electron chi connectivity index (χ0n) is 16.6. The molecule has 0 fully saturated rings.